The summed E-state index contributed by atoms with van der Waals surface area (Å²) in [6.45, 7) is 3.55. The zero-order chi connectivity index (χ0) is 19.9. The molecule has 10 heteroatoms. The van der Waals surface area contributed by atoms with Gasteiger partial charge in [-0.05, 0) is 31.6 Å². The van der Waals surface area contributed by atoms with Crippen molar-refractivity contribution in [2.45, 2.75) is 32.8 Å². The summed E-state index contributed by atoms with van der Waals surface area (Å²) in [6.07, 6.45) is 3.51. The fourth-order valence-corrected chi connectivity index (χ4v) is 4.12. The number of ether oxygens (including phenoxy) is 1. The Morgan fingerprint density at radius 2 is 2.11 bits per heavy atom. The molecule has 1 aromatic heterocycles. The predicted molar refractivity (Wildman–Crippen MR) is 99.3 cm³/mol. The lowest BCUT2D eigenvalue weighted by Crippen LogP contribution is -2.33. The molecule has 9 nitrogen and oxygen atoms in total. The number of benzene rings is 1. The average molecular weight is 406 g/mol. The molecule has 3 atom stereocenters. The first-order valence-corrected chi connectivity index (χ1v) is 10.1. The maximum absolute atomic E-state index is 12.7. The van der Waals surface area contributed by atoms with Crippen LogP contribution < -0.4 is 15.8 Å². The van der Waals surface area contributed by atoms with Gasteiger partial charge in [-0.1, -0.05) is 18.2 Å². The highest BCUT2D eigenvalue weighted by Gasteiger charge is 2.35. The van der Waals surface area contributed by atoms with Crippen molar-refractivity contribution in [1.29, 1.82) is 0 Å². The Balaban J connectivity index is 1.40. The maximum atomic E-state index is 12.7. The van der Waals surface area contributed by atoms with Crippen molar-refractivity contribution in [3.05, 3.63) is 74.1 Å². The zero-order valence-electron chi connectivity index (χ0n) is 15.3. The van der Waals surface area contributed by atoms with Gasteiger partial charge in [0.2, 0.25) is 0 Å². The Morgan fingerprint density at radius 3 is 2.93 bits per heavy atom. The molecule has 4 rings (SSSR count). The molecule has 0 saturated heterocycles. The average Bonchev–Trinajstić information content (AvgIpc) is 3.11. The molecule has 2 aliphatic heterocycles. The van der Waals surface area contributed by atoms with Crippen LogP contribution in [0.2, 0.25) is 0 Å². The number of aromatic nitrogens is 2. The number of hydrogen-bond acceptors (Lipinski definition) is 7. The number of nitrogens with zero attached hydrogens (tertiary/aromatic N) is 1. The van der Waals surface area contributed by atoms with Crippen LogP contribution in [0.5, 0.6) is 5.75 Å². The van der Waals surface area contributed by atoms with Crippen LogP contribution in [0.4, 0.5) is 0 Å². The van der Waals surface area contributed by atoms with Crippen LogP contribution >= 0.6 is 7.82 Å². The fraction of sp³-hybridized carbons (Fsp3) is 0.333. The van der Waals surface area contributed by atoms with Gasteiger partial charge in [0.15, 0.2) is 6.23 Å². The minimum atomic E-state index is -3.76. The lowest BCUT2D eigenvalue weighted by atomic mass is 10.1. The second kappa shape index (κ2) is 7.18. The highest BCUT2D eigenvalue weighted by atomic mass is 31.2. The topological polar surface area (TPSA) is 109 Å². The van der Waals surface area contributed by atoms with Gasteiger partial charge >= 0.3 is 13.5 Å². The van der Waals surface area contributed by atoms with E-state index in [0.29, 0.717) is 11.3 Å². The Morgan fingerprint density at radius 1 is 1.29 bits per heavy atom. The van der Waals surface area contributed by atoms with Crippen LogP contribution in [0.3, 0.4) is 0 Å². The number of H-pyrrole nitrogens is 1. The number of hydrogen-bond donors (Lipinski definition) is 1. The summed E-state index contributed by atoms with van der Waals surface area (Å²) in [5, 5.41) is 0. The van der Waals surface area contributed by atoms with E-state index in [9.17, 15) is 14.2 Å². The summed E-state index contributed by atoms with van der Waals surface area (Å²) in [7, 11) is -3.76. The first-order chi connectivity index (χ1) is 13.3. The molecule has 2 aliphatic rings. The van der Waals surface area contributed by atoms with Crippen molar-refractivity contribution in [2.75, 3.05) is 6.61 Å². The van der Waals surface area contributed by atoms with E-state index >= 15 is 0 Å². The number of fused-ring (bicyclic) bond motifs is 1. The van der Waals surface area contributed by atoms with Crippen LogP contribution in [0.15, 0.2) is 46.1 Å². The molecule has 0 radical (unpaired) electrons. The van der Waals surface area contributed by atoms with E-state index in [1.54, 1.807) is 25.1 Å². The van der Waals surface area contributed by atoms with Gasteiger partial charge < -0.3 is 9.26 Å². The molecular formula is C18H19N2O7P. The van der Waals surface area contributed by atoms with Gasteiger partial charge in [-0.25, -0.2) is 9.36 Å². The van der Waals surface area contributed by atoms with Gasteiger partial charge in [0.05, 0.1) is 13.2 Å². The molecule has 3 heterocycles. The third kappa shape index (κ3) is 3.74. The lowest BCUT2D eigenvalue weighted by molar-refractivity contribution is -0.0130. The molecular weight excluding hydrogens is 387 g/mol. The summed E-state index contributed by atoms with van der Waals surface area (Å²) in [6, 6.07) is 5.55. The van der Waals surface area contributed by atoms with Crippen molar-refractivity contribution in [2.24, 2.45) is 0 Å². The van der Waals surface area contributed by atoms with E-state index in [4.69, 9.17) is 18.3 Å². The molecule has 0 fully saturated rings. The summed E-state index contributed by atoms with van der Waals surface area (Å²) in [4.78, 5) is 25.7. The second-order valence-electron chi connectivity index (χ2n) is 6.65. The third-order valence-electron chi connectivity index (χ3n) is 4.43. The standard InChI is InChI=1S/C18H19N2O7P/c1-11-3-4-13-9-24-28(23,27-15(13)7-11)25-10-14-5-6-16(26-14)20-8-12(2)17(21)19-18(20)22/h3-8,14,16H,9-10H2,1-2H3,(H,19,21,22)/t14-,16+,28?/m0/s1. The molecule has 1 N–H and O–H groups in total. The quantitative estimate of drug-likeness (QED) is 0.613. The van der Waals surface area contributed by atoms with E-state index in [1.807, 2.05) is 19.1 Å². The van der Waals surface area contributed by atoms with E-state index < -0.39 is 31.4 Å². The molecule has 0 aliphatic carbocycles. The minimum Gasteiger partial charge on any atom is -0.404 e. The zero-order valence-corrected chi connectivity index (χ0v) is 16.2. The van der Waals surface area contributed by atoms with Crippen LogP contribution in [-0.4, -0.2) is 22.3 Å². The highest BCUT2D eigenvalue weighted by Crippen LogP contribution is 2.54. The molecule has 0 bridgehead atoms. The summed E-state index contributed by atoms with van der Waals surface area (Å²) < 4.78 is 35.8. The van der Waals surface area contributed by atoms with E-state index in [2.05, 4.69) is 4.98 Å². The number of aryl methyl sites for hydroxylation is 2. The highest BCUT2D eigenvalue weighted by molar-refractivity contribution is 7.49. The number of phosphoric acid groups is 1. The van der Waals surface area contributed by atoms with Crippen molar-refractivity contribution >= 4 is 7.82 Å². The second-order valence-corrected chi connectivity index (χ2v) is 8.24. The summed E-state index contributed by atoms with van der Waals surface area (Å²) in [5.74, 6) is 0.477. The van der Waals surface area contributed by atoms with Gasteiger partial charge in [0.1, 0.15) is 11.9 Å². The smallest absolute Gasteiger partial charge is 0.404 e. The summed E-state index contributed by atoms with van der Waals surface area (Å²) >= 11 is 0. The number of phosphoric ester groups is 1. The van der Waals surface area contributed by atoms with Gasteiger partial charge in [-0.2, -0.15) is 0 Å². The van der Waals surface area contributed by atoms with E-state index in [-0.39, 0.29) is 13.2 Å². The van der Waals surface area contributed by atoms with Crippen LogP contribution in [-0.2, 0) is 25.0 Å². The van der Waals surface area contributed by atoms with Crippen molar-refractivity contribution < 1.29 is 22.9 Å². The van der Waals surface area contributed by atoms with Crippen molar-refractivity contribution in [1.82, 2.24) is 9.55 Å². The molecule has 0 spiro atoms. The number of rotatable bonds is 4. The largest absolute Gasteiger partial charge is 0.530 e. The molecule has 1 unspecified atom stereocenters. The SMILES string of the molecule is Cc1ccc2c(c1)OP(=O)(OC[C@@H]1C=C[C@H](n3cc(C)c(=O)[nH]c3=O)O1)OC2. The Bertz CT molecular complexity index is 1100. The molecule has 28 heavy (non-hydrogen) atoms. The van der Waals surface area contributed by atoms with Crippen LogP contribution in [0, 0.1) is 13.8 Å². The van der Waals surface area contributed by atoms with Gasteiger partial charge in [0.25, 0.3) is 5.56 Å². The minimum absolute atomic E-state index is 0.0808. The van der Waals surface area contributed by atoms with Crippen molar-refractivity contribution in [3.63, 3.8) is 0 Å². The fourth-order valence-electron chi connectivity index (χ4n) is 2.91. The van der Waals surface area contributed by atoms with Crippen LogP contribution in [0.25, 0.3) is 0 Å². The van der Waals surface area contributed by atoms with Crippen molar-refractivity contribution in [3.8, 4) is 5.75 Å². The first kappa shape index (κ1) is 18.9. The Labute approximate surface area is 160 Å². The normalized spacial score (nSPS) is 26.1. The van der Waals surface area contributed by atoms with E-state index in [0.717, 1.165) is 11.1 Å². The number of nitrogens with one attached hydrogen (secondary N) is 1. The van der Waals surface area contributed by atoms with Crippen LogP contribution in [0.1, 0.15) is 22.9 Å². The molecule has 1 aromatic carbocycles. The lowest BCUT2D eigenvalue weighted by Gasteiger charge is -2.26. The summed E-state index contributed by atoms with van der Waals surface area (Å²) in [5.41, 5.74) is 1.14. The molecule has 2 aromatic rings. The van der Waals surface area contributed by atoms with Gasteiger partial charge in [-0.15, -0.1) is 0 Å². The van der Waals surface area contributed by atoms with Gasteiger partial charge in [-0.3, -0.25) is 23.4 Å². The first-order valence-electron chi connectivity index (χ1n) is 8.67. The monoisotopic (exact) mass is 406 g/mol. The molecule has 0 saturated carbocycles. The predicted octanol–water partition coefficient (Wildman–Crippen LogP) is 2.34. The molecule has 148 valence electrons. The van der Waals surface area contributed by atoms with E-state index in [1.165, 1.54) is 10.8 Å². The Hall–Kier alpha value is -2.45. The number of aromatic amines is 1. The van der Waals surface area contributed by atoms with Gasteiger partial charge in [0, 0.05) is 17.3 Å². The maximum Gasteiger partial charge on any atom is 0.530 e. The Kier molecular flexibility index (Phi) is 4.84. The third-order valence-corrected chi connectivity index (χ3v) is 5.76. The molecule has 0 amide bonds.